The lowest BCUT2D eigenvalue weighted by molar-refractivity contribution is 0.0696. The number of methoxy groups -OCH3 is 1. The van der Waals surface area contributed by atoms with E-state index in [2.05, 4.69) is 14.9 Å². The number of carboxylic acids is 1. The summed E-state index contributed by atoms with van der Waals surface area (Å²) >= 11 is 0. The topological polar surface area (TPSA) is 121 Å². The molecule has 1 aromatic carbocycles. The number of ether oxygens (including phenoxy) is 1. The Kier molecular flexibility index (Phi) is 3.61. The van der Waals surface area contributed by atoms with Gasteiger partial charge in [0.05, 0.1) is 18.9 Å². The van der Waals surface area contributed by atoms with Crippen LogP contribution in [-0.4, -0.2) is 36.8 Å². The third kappa shape index (κ3) is 2.72. The van der Waals surface area contributed by atoms with Gasteiger partial charge in [-0.25, -0.2) is 13.2 Å². The van der Waals surface area contributed by atoms with Crippen LogP contribution in [0.25, 0.3) is 0 Å². The Bertz CT molecular complexity index is 725. The maximum absolute atomic E-state index is 12.2. The van der Waals surface area contributed by atoms with E-state index in [1.54, 1.807) is 0 Å². The average molecular weight is 297 g/mol. The van der Waals surface area contributed by atoms with Crippen molar-refractivity contribution in [3.05, 3.63) is 36.0 Å². The number of hydrogen-bond donors (Lipinski definition) is 3. The third-order valence-electron chi connectivity index (χ3n) is 2.45. The Labute approximate surface area is 114 Å². The molecule has 0 amide bonds. The average Bonchev–Trinajstić information content (AvgIpc) is 2.90. The summed E-state index contributed by atoms with van der Waals surface area (Å²) in [5.41, 5.74) is -0.157. The molecule has 0 aliphatic rings. The predicted molar refractivity (Wildman–Crippen MR) is 69.3 cm³/mol. The van der Waals surface area contributed by atoms with Crippen LogP contribution < -0.4 is 9.46 Å². The van der Waals surface area contributed by atoms with E-state index >= 15 is 0 Å². The van der Waals surface area contributed by atoms with Crippen LogP contribution in [0.15, 0.2) is 35.4 Å². The molecule has 0 aliphatic carbocycles. The predicted octanol–water partition coefficient (Wildman–Crippen LogP) is 0.917. The van der Waals surface area contributed by atoms with Gasteiger partial charge in [-0.2, -0.15) is 5.10 Å². The van der Waals surface area contributed by atoms with Crippen LogP contribution in [0, 0.1) is 0 Å². The molecule has 20 heavy (non-hydrogen) atoms. The quantitative estimate of drug-likeness (QED) is 0.754. The molecule has 0 spiro atoms. The number of nitrogens with one attached hydrogen (secondary N) is 2. The second-order valence-corrected chi connectivity index (χ2v) is 5.40. The van der Waals surface area contributed by atoms with Gasteiger partial charge < -0.3 is 9.84 Å². The van der Waals surface area contributed by atoms with Crippen molar-refractivity contribution < 1.29 is 23.1 Å². The van der Waals surface area contributed by atoms with Crippen LogP contribution in [0.4, 0.5) is 5.82 Å². The minimum atomic E-state index is -3.99. The van der Waals surface area contributed by atoms with Crippen LogP contribution in [-0.2, 0) is 10.0 Å². The standard InChI is InChI=1S/C11H11N3O5S/c1-19-8-3-2-7(11(15)16)6-9(8)20(17,18)14-10-4-5-12-13-10/h2-6H,1H3,(H,15,16)(H2,12,13,14). The highest BCUT2D eigenvalue weighted by Crippen LogP contribution is 2.26. The number of aromatic nitrogens is 2. The summed E-state index contributed by atoms with van der Waals surface area (Å²) in [6.07, 6.45) is 1.38. The molecule has 3 N–H and O–H groups in total. The molecule has 1 aromatic heterocycles. The molecule has 0 saturated heterocycles. The van der Waals surface area contributed by atoms with E-state index in [0.717, 1.165) is 6.07 Å². The van der Waals surface area contributed by atoms with Crippen molar-refractivity contribution in [3.8, 4) is 5.75 Å². The van der Waals surface area contributed by atoms with E-state index in [1.165, 1.54) is 31.5 Å². The van der Waals surface area contributed by atoms with Gasteiger partial charge in [0.15, 0.2) is 0 Å². The van der Waals surface area contributed by atoms with Crippen LogP contribution in [0.2, 0.25) is 0 Å². The van der Waals surface area contributed by atoms with E-state index in [1.807, 2.05) is 0 Å². The number of hydrogen-bond acceptors (Lipinski definition) is 5. The SMILES string of the molecule is COc1ccc(C(=O)O)cc1S(=O)(=O)Nc1ccn[nH]1. The first kappa shape index (κ1) is 13.9. The normalized spacial score (nSPS) is 11.1. The van der Waals surface area contributed by atoms with E-state index < -0.39 is 16.0 Å². The highest BCUT2D eigenvalue weighted by molar-refractivity contribution is 7.92. The molecule has 8 nitrogen and oxygen atoms in total. The Morgan fingerprint density at radius 3 is 2.70 bits per heavy atom. The minimum Gasteiger partial charge on any atom is -0.495 e. The third-order valence-corrected chi connectivity index (χ3v) is 3.83. The van der Waals surface area contributed by atoms with Crippen LogP contribution in [0.3, 0.4) is 0 Å². The number of rotatable bonds is 5. The van der Waals surface area contributed by atoms with Gasteiger partial charge in [-0.15, -0.1) is 0 Å². The number of carbonyl (C=O) groups is 1. The summed E-state index contributed by atoms with van der Waals surface area (Å²) < 4.78 is 31.6. The Morgan fingerprint density at radius 1 is 1.40 bits per heavy atom. The largest absolute Gasteiger partial charge is 0.495 e. The Morgan fingerprint density at radius 2 is 2.15 bits per heavy atom. The fourth-order valence-electron chi connectivity index (χ4n) is 1.53. The molecular formula is C11H11N3O5S. The van der Waals surface area contributed by atoms with Gasteiger partial charge in [0, 0.05) is 6.07 Å². The van der Waals surface area contributed by atoms with Gasteiger partial charge in [-0.3, -0.25) is 9.82 Å². The van der Waals surface area contributed by atoms with Crippen molar-refractivity contribution in [2.24, 2.45) is 0 Å². The molecule has 9 heteroatoms. The maximum atomic E-state index is 12.2. The van der Waals surface area contributed by atoms with Gasteiger partial charge >= 0.3 is 5.97 Å². The second-order valence-electron chi connectivity index (χ2n) is 3.75. The van der Waals surface area contributed by atoms with Crippen molar-refractivity contribution in [1.82, 2.24) is 10.2 Å². The maximum Gasteiger partial charge on any atom is 0.335 e. The monoisotopic (exact) mass is 297 g/mol. The lowest BCUT2D eigenvalue weighted by Crippen LogP contribution is -2.15. The summed E-state index contributed by atoms with van der Waals surface area (Å²) in [6.45, 7) is 0. The number of aromatic carboxylic acids is 1. The molecule has 0 radical (unpaired) electrons. The first-order chi connectivity index (χ1) is 9.44. The van der Waals surface area contributed by atoms with Crippen molar-refractivity contribution in [2.75, 3.05) is 11.8 Å². The Hall–Kier alpha value is -2.55. The first-order valence-electron chi connectivity index (χ1n) is 5.37. The molecule has 0 atom stereocenters. The van der Waals surface area contributed by atoms with E-state index in [-0.39, 0.29) is 22.0 Å². The molecule has 0 unspecified atom stereocenters. The number of benzene rings is 1. The van der Waals surface area contributed by atoms with Gasteiger partial charge in [-0.1, -0.05) is 0 Å². The number of nitrogens with zero attached hydrogens (tertiary/aromatic N) is 1. The molecular weight excluding hydrogens is 286 g/mol. The molecule has 0 aliphatic heterocycles. The van der Waals surface area contributed by atoms with Crippen LogP contribution in [0.5, 0.6) is 5.75 Å². The highest BCUT2D eigenvalue weighted by atomic mass is 32.2. The lowest BCUT2D eigenvalue weighted by Gasteiger charge is -2.11. The summed E-state index contributed by atoms with van der Waals surface area (Å²) in [7, 11) is -2.69. The second kappa shape index (κ2) is 5.21. The van der Waals surface area contributed by atoms with Gasteiger partial charge in [0.1, 0.15) is 16.5 Å². The molecule has 0 bridgehead atoms. The van der Waals surface area contributed by atoms with Crippen molar-refractivity contribution >= 4 is 21.8 Å². The number of H-pyrrole nitrogens is 1. The molecule has 2 aromatic rings. The van der Waals surface area contributed by atoms with Gasteiger partial charge in [-0.05, 0) is 18.2 Å². The van der Waals surface area contributed by atoms with E-state index in [9.17, 15) is 13.2 Å². The summed E-state index contributed by atoms with van der Waals surface area (Å²) in [5, 5.41) is 15.0. The van der Waals surface area contributed by atoms with Crippen LogP contribution in [0.1, 0.15) is 10.4 Å². The molecule has 106 valence electrons. The summed E-state index contributed by atoms with van der Waals surface area (Å²) in [4.78, 5) is 10.7. The van der Waals surface area contributed by atoms with E-state index in [4.69, 9.17) is 9.84 Å². The number of anilines is 1. The van der Waals surface area contributed by atoms with Gasteiger partial charge in [0.2, 0.25) is 0 Å². The fourth-order valence-corrected chi connectivity index (χ4v) is 2.74. The zero-order chi connectivity index (χ0) is 14.8. The molecule has 1 heterocycles. The molecule has 2 rings (SSSR count). The minimum absolute atomic E-state index is 0.0435. The zero-order valence-electron chi connectivity index (χ0n) is 10.3. The number of carboxylic acid groups (broad SMARTS) is 1. The number of sulfonamides is 1. The highest BCUT2D eigenvalue weighted by Gasteiger charge is 2.22. The summed E-state index contributed by atoms with van der Waals surface area (Å²) in [6, 6.07) is 4.99. The van der Waals surface area contributed by atoms with Crippen molar-refractivity contribution in [1.29, 1.82) is 0 Å². The Balaban J connectivity index is 2.48. The van der Waals surface area contributed by atoms with Gasteiger partial charge in [0.25, 0.3) is 10.0 Å². The smallest absolute Gasteiger partial charge is 0.335 e. The lowest BCUT2D eigenvalue weighted by atomic mass is 10.2. The first-order valence-corrected chi connectivity index (χ1v) is 6.86. The fraction of sp³-hybridized carbons (Fsp3) is 0.0909. The zero-order valence-corrected chi connectivity index (χ0v) is 11.1. The van der Waals surface area contributed by atoms with Crippen LogP contribution >= 0.6 is 0 Å². The van der Waals surface area contributed by atoms with Crippen molar-refractivity contribution in [3.63, 3.8) is 0 Å². The number of aromatic amines is 1. The molecule has 0 fully saturated rings. The molecule has 0 saturated carbocycles. The van der Waals surface area contributed by atoms with E-state index in [0.29, 0.717) is 0 Å². The summed E-state index contributed by atoms with van der Waals surface area (Å²) in [5.74, 6) is -1.03. The van der Waals surface area contributed by atoms with Crippen molar-refractivity contribution in [2.45, 2.75) is 4.90 Å².